The molecule has 0 bridgehead atoms. The Bertz CT molecular complexity index is 3160. The van der Waals surface area contributed by atoms with Gasteiger partial charge in [0.05, 0.1) is 78.3 Å². The maximum absolute atomic E-state index is 13.9. The van der Waals surface area contributed by atoms with Gasteiger partial charge in [0.1, 0.15) is 5.58 Å². The Hall–Kier alpha value is -7.63. The number of esters is 1. The highest BCUT2D eigenvalue weighted by atomic mass is 16.5. The van der Waals surface area contributed by atoms with Crippen LogP contribution < -0.4 is 21.4 Å². The Labute approximate surface area is 457 Å². The Morgan fingerprint density at radius 1 is 0.551 bits per heavy atom. The fourth-order valence-corrected chi connectivity index (χ4v) is 9.73. The highest BCUT2D eigenvalue weighted by molar-refractivity contribution is 5.90. The van der Waals surface area contributed by atoms with E-state index in [0.717, 1.165) is 27.9 Å². The standard InChI is InChI=1S/C62H73N9O7/c1-42(45-15-10-8-11-16-45)63-56(72)39-69-31-29-68(38-50-19-14-20-53(66-50)54-27-26-51-59(75)52-37-49(62(4,5)6)25-28-55(52)78-60(51)67-54)30-32-70(40-57(73)64-43(2)46-17-12-9-13-18-46)34-36-71(35-33-69)41-58(74)65-44(3)47-21-23-48(24-22-47)61(76)77-7/h8-28,37,42-44H,29-36,38-41H2,1-7H3,(H,63,72)(H,64,73)(H,65,74)/t42-,43-,44?/m0/s1. The van der Waals surface area contributed by atoms with Gasteiger partial charge in [-0.25, -0.2) is 14.8 Å². The number of hydrogen-bond acceptors (Lipinski definition) is 13. The number of nitrogens with one attached hydrogen (secondary N) is 3. The summed E-state index contributed by atoms with van der Waals surface area (Å²) in [4.78, 5) is 86.1. The molecule has 3 N–H and O–H groups in total. The number of rotatable bonds is 16. The second-order valence-electron chi connectivity index (χ2n) is 21.4. The van der Waals surface area contributed by atoms with Gasteiger partial charge in [0.2, 0.25) is 28.9 Å². The minimum atomic E-state index is -0.434. The minimum Gasteiger partial charge on any atom is -0.465 e. The SMILES string of the molecule is COC(=O)c1ccc(C(C)NC(=O)CN2CCN(CC(=O)N[C@@H](C)c3ccccc3)CCN(Cc3cccc(-c4ccc5c(=O)c6cc(C(C)(C)C)ccc6oc5n4)n3)CCN(CC(=O)N[C@@H](C)c3ccccc3)CC2)cc1. The Balaban J connectivity index is 1.03. The van der Waals surface area contributed by atoms with E-state index in [9.17, 15) is 24.0 Å². The number of fused-ring (bicyclic) bond motifs is 2. The third kappa shape index (κ3) is 15.3. The zero-order valence-corrected chi connectivity index (χ0v) is 46.0. The third-order valence-corrected chi connectivity index (χ3v) is 14.5. The van der Waals surface area contributed by atoms with Crippen molar-refractivity contribution >= 4 is 45.8 Å². The van der Waals surface area contributed by atoms with E-state index in [1.54, 1.807) is 30.3 Å². The second-order valence-corrected chi connectivity index (χ2v) is 21.4. The van der Waals surface area contributed by atoms with Crippen LogP contribution in [0.5, 0.6) is 0 Å². The first-order chi connectivity index (χ1) is 37.5. The molecule has 0 saturated carbocycles. The Morgan fingerprint density at radius 3 is 1.51 bits per heavy atom. The first-order valence-electron chi connectivity index (χ1n) is 26.9. The highest BCUT2D eigenvalue weighted by Crippen LogP contribution is 2.28. The molecule has 3 amide bonds. The van der Waals surface area contributed by atoms with E-state index in [4.69, 9.17) is 19.1 Å². The van der Waals surface area contributed by atoms with Gasteiger partial charge < -0.3 is 25.1 Å². The number of carbonyl (C=O) groups excluding carboxylic acids is 4. The van der Waals surface area contributed by atoms with E-state index in [1.807, 2.05) is 124 Å². The molecule has 1 aliphatic heterocycles. The smallest absolute Gasteiger partial charge is 0.337 e. The summed E-state index contributed by atoms with van der Waals surface area (Å²) < 4.78 is 11.1. The maximum atomic E-state index is 13.9. The number of methoxy groups -OCH3 is 1. The van der Waals surface area contributed by atoms with Gasteiger partial charge in [-0.1, -0.05) is 106 Å². The average Bonchev–Trinajstić information content (AvgIpc) is 3.47. The van der Waals surface area contributed by atoms with Gasteiger partial charge in [0.25, 0.3) is 0 Å². The van der Waals surface area contributed by atoms with Crippen molar-refractivity contribution in [1.82, 2.24) is 45.5 Å². The fraction of sp³-hybridized carbons (Fsp3) is 0.371. The monoisotopic (exact) mass is 1060 g/mol. The molecule has 3 atom stereocenters. The summed E-state index contributed by atoms with van der Waals surface area (Å²) in [6, 6.07) is 41.1. The van der Waals surface area contributed by atoms with Crippen LogP contribution in [0.4, 0.5) is 0 Å². The van der Waals surface area contributed by atoms with Gasteiger partial charge >= 0.3 is 5.97 Å². The molecule has 1 unspecified atom stereocenters. The summed E-state index contributed by atoms with van der Waals surface area (Å²) in [6.07, 6.45) is 0. The molecular formula is C62H73N9O7. The number of pyridine rings is 2. The van der Waals surface area contributed by atoms with Crippen LogP contribution in [0.2, 0.25) is 0 Å². The highest BCUT2D eigenvalue weighted by Gasteiger charge is 2.24. The molecule has 16 nitrogen and oxygen atoms in total. The van der Waals surface area contributed by atoms with Gasteiger partial charge in [-0.05, 0) is 97.0 Å². The number of aromatic nitrogens is 2. The number of amides is 3. The molecule has 1 aliphatic rings. The lowest BCUT2D eigenvalue weighted by Crippen LogP contribution is -2.50. The molecule has 4 heterocycles. The average molecular weight is 1060 g/mol. The first-order valence-corrected chi connectivity index (χ1v) is 26.9. The van der Waals surface area contributed by atoms with Crippen molar-refractivity contribution in [2.45, 2.75) is 71.6 Å². The van der Waals surface area contributed by atoms with Crippen molar-refractivity contribution in [2.75, 3.05) is 79.1 Å². The molecule has 0 radical (unpaired) electrons. The van der Waals surface area contributed by atoms with E-state index in [-0.39, 0.29) is 72.0 Å². The lowest BCUT2D eigenvalue weighted by Gasteiger charge is -2.34. The van der Waals surface area contributed by atoms with Gasteiger partial charge in [-0.3, -0.25) is 38.8 Å². The molecule has 1 fully saturated rings. The lowest BCUT2D eigenvalue weighted by molar-refractivity contribution is -0.125. The minimum absolute atomic E-state index is 0.0853. The van der Waals surface area contributed by atoms with Crippen LogP contribution in [0.25, 0.3) is 33.5 Å². The molecule has 0 spiro atoms. The largest absolute Gasteiger partial charge is 0.465 e. The number of carbonyl (C=O) groups is 4. The molecule has 8 rings (SSSR count). The maximum Gasteiger partial charge on any atom is 0.337 e. The van der Waals surface area contributed by atoms with Crippen LogP contribution in [0.3, 0.4) is 0 Å². The number of ether oxygens (including phenoxy) is 1. The van der Waals surface area contributed by atoms with Crippen molar-refractivity contribution in [3.8, 4) is 11.4 Å². The molecule has 78 heavy (non-hydrogen) atoms. The topological polar surface area (TPSA) is 183 Å². The fourth-order valence-electron chi connectivity index (χ4n) is 9.73. The Morgan fingerprint density at radius 2 is 1.03 bits per heavy atom. The second kappa shape index (κ2) is 26.1. The van der Waals surface area contributed by atoms with Crippen LogP contribution in [-0.2, 0) is 31.1 Å². The van der Waals surface area contributed by atoms with Crippen LogP contribution in [0, 0.1) is 0 Å². The zero-order chi connectivity index (χ0) is 55.3. The van der Waals surface area contributed by atoms with Crippen molar-refractivity contribution in [3.63, 3.8) is 0 Å². The number of hydrogen-bond donors (Lipinski definition) is 3. The lowest BCUT2D eigenvalue weighted by atomic mass is 9.86. The van der Waals surface area contributed by atoms with Crippen LogP contribution in [0.15, 0.2) is 143 Å². The molecule has 0 aliphatic carbocycles. The number of benzene rings is 4. The van der Waals surface area contributed by atoms with Crippen molar-refractivity contribution in [3.05, 3.63) is 177 Å². The summed E-state index contributed by atoms with van der Waals surface area (Å²) in [5.74, 6) is -0.838. The third-order valence-electron chi connectivity index (χ3n) is 14.5. The van der Waals surface area contributed by atoms with E-state index in [0.29, 0.717) is 92.2 Å². The number of nitrogens with zero attached hydrogens (tertiary/aromatic N) is 6. The van der Waals surface area contributed by atoms with Crippen LogP contribution in [0.1, 0.15) is 98.0 Å². The van der Waals surface area contributed by atoms with Crippen LogP contribution >= 0.6 is 0 Å². The van der Waals surface area contributed by atoms with E-state index < -0.39 is 5.97 Å². The molecule has 3 aromatic heterocycles. The molecule has 16 heteroatoms. The first kappa shape index (κ1) is 56.6. The van der Waals surface area contributed by atoms with Gasteiger partial charge in [-0.15, -0.1) is 0 Å². The van der Waals surface area contributed by atoms with Crippen molar-refractivity contribution in [2.24, 2.45) is 0 Å². The van der Waals surface area contributed by atoms with Crippen LogP contribution in [-0.4, -0.2) is 132 Å². The summed E-state index contributed by atoms with van der Waals surface area (Å²) >= 11 is 0. The van der Waals surface area contributed by atoms with E-state index in [1.165, 1.54) is 7.11 Å². The molecule has 7 aromatic rings. The summed E-state index contributed by atoms with van der Waals surface area (Å²) in [5, 5.41) is 10.4. The molecule has 408 valence electrons. The Kier molecular flexibility index (Phi) is 19.0. The van der Waals surface area contributed by atoms with Gasteiger partial charge in [-0.2, -0.15) is 0 Å². The molecule has 4 aromatic carbocycles. The molecular weight excluding hydrogens is 983 g/mol. The van der Waals surface area contributed by atoms with Gasteiger partial charge in [0.15, 0.2) is 0 Å². The van der Waals surface area contributed by atoms with E-state index in [2.05, 4.69) is 56.3 Å². The molecule has 1 saturated heterocycles. The summed E-state index contributed by atoms with van der Waals surface area (Å²) in [5.41, 5.74) is 6.75. The predicted octanol–water partition coefficient (Wildman–Crippen LogP) is 7.84. The van der Waals surface area contributed by atoms with E-state index >= 15 is 0 Å². The predicted molar refractivity (Wildman–Crippen MR) is 305 cm³/mol. The quantitative estimate of drug-likeness (QED) is 0.0630. The van der Waals surface area contributed by atoms with Gasteiger partial charge in [0, 0.05) is 58.9 Å². The summed E-state index contributed by atoms with van der Waals surface area (Å²) in [6.45, 7) is 17.1. The van der Waals surface area contributed by atoms with Crippen molar-refractivity contribution < 1.29 is 28.3 Å². The summed E-state index contributed by atoms with van der Waals surface area (Å²) in [7, 11) is 1.34. The zero-order valence-electron chi connectivity index (χ0n) is 46.0. The normalized spacial score (nSPS) is 15.8. The van der Waals surface area contributed by atoms with Crippen molar-refractivity contribution in [1.29, 1.82) is 0 Å².